The van der Waals surface area contributed by atoms with E-state index in [4.69, 9.17) is 4.65 Å². The van der Waals surface area contributed by atoms with Gasteiger partial charge in [0.05, 0.1) is 6.10 Å². The van der Waals surface area contributed by atoms with Crippen molar-refractivity contribution in [3.63, 3.8) is 0 Å². The van der Waals surface area contributed by atoms with Gasteiger partial charge in [0, 0.05) is 23.9 Å². The highest BCUT2D eigenvalue weighted by molar-refractivity contribution is 6.64. The lowest BCUT2D eigenvalue weighted by Crippen LogP contribution is -2.64. The predicted octanol–water partition coefficient (Wildman–Crippen LogP) is 2.58. The molecule has 1 aliphatic carbocycles. The third kappa shape index (κ3) is 1.53. The summed E-state index contributed by atoms with van der Waals surface area (Å²) in [6, 6.07) is 8.76. The molecule has 0 unspecified atom stereocenters. The third-order valence-corrected chi connectivity index (χ3v) is 5.75. The van der Waals surface area contributed by atoms with Gasteiger partial charge in [-0.15, -0.1) is 0 Å². The molecule has 2 fully saturated rings. The first-order chi connectivity index (χ1) is 9.60. The molecule has 0 N–H and O–H groups in total. The van der Waals surface area contributed by atoms with Gasteiger partial charge < -0.3 is 4.65 Å². The molecule has 0 amide bonds. The molecular weight excluding hydrogens is 245 g/mol. The minimum Gasteiger partial charge on any atom is -0.366 e. The van der Waals surface area contributed by atoms with Crippen molar-refractivity contribution in [3.05, 3.63) is 29.8 Å². The van der Waals surface area contributed by atoms with Gasteiger partial charge in [0.15, 0.2) is 5.71 Å². The van der Waals surface area contributed by atoms with Crippen molar-refractivity contribution >= 4 is 18.2 Å². The third-order valence-electron chi connectivity index (χ3n) is 5.75. The Morgan fingerprint density at radius 3 is 2.80 bits per heavy atom. The van der Waals surface area contributed by atoms with Gasteiger partial charge in [-0.25, -0.2) is 0 Å². The fourth-order valence-corrected chi connectivity index (χ4v) is 4.77. The van der Waals surface area contributed by atoms with Crippen LogP contribution in [0, 0.1) is 5.92 Å². The summed E-state index contributed by atoms with van der Waals surface area (Å²) in [6.07, 6.45) is 5.68. The molecule has 1 saturated heterocycles. The summed E-state index contributed by atoms with van der Waals surface area (Å²) in [6.45, 7) is 7.09. The van der Waals surface area contributed by atoms with Crippen molar-refractivity contribution in [1.29, 1.82) is 0 Å². The van der Waals surface area contributed by atoms with E-state index in [1.165, 1.54) is 42.4 Å². The highest BCUT2D eigenvalue weighted by Crippen LogP contribution is 2.42. The van der Waals surface area contributed by atoms with Gasteiger partial charge in [-0.3, -0.25) is 4.49 Å². The first kappa shape index (κ1) is 12.6. The molecule has 2 aliphatic heterocycles. The number of benzene rings is 1. The van der Waals surface area contributed by atoms with Crippen LogP contribution in [0.1, 0.15) is 52.0 Å². The summed E-state index contributed by atoms with van der Waals surface area (Å²) in [5.41, 5.74) is 4.32. The maximum atomic E-state index is 6.55. The van der Waals surface area contributed by atoms with Crippen molar-refractivity contribution in [2.24, 2.45) is 5.92 Å². The fraction of sp³-hybridized carbons (Fsp3) is 0.588. The Morgan fingerprint density at radius 2 is 1.95 bits per heavy atom. The van der Waals surface area contributed by atoms with E-state index in [1.54, 1.807) is 0 Å². The van der Waals surface area contributed by atoms with E-state index in [2.05, 4.69) is 49.5 Å². The van der Waals surface area contributed by atoms with Crippen LogP contribution in [0.5, 0.6) is 0 Å². The minimum atomic E-state index is 0.139. The number of hydrogen-bond donors (Lipinski definition) is 0. The summed E-state index contributed by atoms with van der Waals surface area (Å²) in [7, 11) is 0.139. The molecule has 20 heavy (non-hydrogen) atoms. The maximum absolute atomic E-state index is 6.55. The largest absolute Gasteiger partial charge is 0.692 e. The lowest BCUT2D eigenvalue weighted by Gasteiger charge is -2.45. The van der Waals surface area contributed by atoms with Crippen LogP contribution >= 0.6 is 0 Å². The quantitative estimate of drug-likeness (QED) is 0.659. The number of hydrogen-bond acceptors (Lipinski definition) is 1. The van der Waals surface area contributed by atoms with Gasteiger partial charge in [-0.05, 0) is 32.8 Å². The van der Waals surface area contributed by atoms with Crippen LogP contribution in [0.15, 0.2) is 24.3 Å². The molecule has 0 spiro atoms. The molecule has 1 aromatic carbocycles. The molecule has 2 nitrogen and oxygen atoms in total. The van der Waals surface area contributed by atoms with Gasteiger partial charge in [0.2, 0.25) is 0 Å². The van der Waals surface area contributed by atoms with Crippen molar-refractivity contribution in [2.75, 3.05) is 0 Å². The summed E-state index contributed by atoms with van der Waals surface area (Å²) >= 11 is 0. The summed E-state index contributed by atoms with van der Waals surface area (Å²) < 4.78 is 9.10. The summed E-state index contributed by atoms with van der Waals surface area (Å²) in [5, 5.41) is 0. The van der Waals surface area contributed by atoms with Crippen molar-refractivity contribution < 1.29 is 9.14 Å². The first-order valence-electron chi connectivity index (χ1n) is 7.98. The Balaban J connectivity index is 1.86. The van der Waals surface area contributed by atoms with Crippen LogP contribution in [-0.2, 0) is 4.65 Å². The molecule has 1 saturated carbocycles. The van der Waals surface area contributed by atoms with Crippen LogP contribution in [0.2, 0.25) is 0 Å². The Labute approximate surface area is 122 Å². The highest BCUT2D eigenvalue weighted by atomic mass is 16.5. The molecule has 3 aliphatic rings. The van der Waals surface area contributed by atoms with E-state index in [0.29, 0.717) is 12.0 Å². The fourth-order valence-electron chi connectivity index (χ4n) is 4.77. The van der Waals surface area contributed by atoms with Gasteiger partial charge in [-0.1, -0.05) is 31.0 Å². The monoisotopic (exact) mass is 268 g/mol. The Bertz CT molecular complexity index is 592. The molecule has 2 atom stereocenters. The second-order valence-electron chi connectivity index (χ2n) is 7.11. The SMILES string of the molecule is CC1=[N+]2B(O[C@@H]3CCCC[C@@H]3C2(C)C)c2ccccc21. The standard InChI is InChI=1S/C17H23BNO/c1-12-13-8-4-6-10-15(13)18-19(12)17(2,3)14-9-5-7-11-16(14)20-18/h4,6,8,10,14,16H,5,7,9,11H2,1-3H3/q+1/t14-,16+/m0/s1. The molecule has 0 bridgehead atoms. The van der Waals surface area contributed by atoms with E-state index >= 15 is 0 Å². The lowest BCUT2D eigenvalue weighted by molar-refractivity contribution is -0.524. The first-order valence-corrected chi connectivity index (χ1v) is 7.98. The Kier molecular flexibility index (Phi) is 2.66. The van der Waals surface area contributed by atoms with Crippen LogP contribution < -0.4 is 5.46 Å². The van der Waals surface area contributed by atoms with Crippen molar-refractivity contribution in [2.45, 2.75) is 58.1 Å². The van der Waals surface area contributed by atoms with Crippen LogP contribution in [-0.4, -0.2) is 28.9 Å². The Hall–Kier alpha value is -1.09. The van der Waals surface area contributed by atoms with Crippen LogP contribution in [0.3, 0.4) is 0 Å². The smallest absolute Gasteiger partial charge is 0.366 e. The van der Waals surface area contributed by atoms with Crippen molar-refractivity contribution in [1.82, 2.24) is 0 Å². The van der Waals surface area contributed by atoms with Crippen LogP contribution in [0.4, 0.5) is 0 Å². The van der Waals surface area contributed by atoms with E-state index in [-0.39, 0.29) is 12.6 Å². The highest BCUT2D eigenvalue weighted by Gasteiger charge is 2.61. The summed E-state index contributed by atoms with van der Waals surface area (Å²) in [5.74, 6) is 0.664. The van der Waals surface area contributed by atoms with E-state index in [1.807, 2.05) is 0 Å². The van der Waals surface area contributed by atoms with E-state index in [9.17, 15) is 0 Å². The lowest BCUT2D eigenvalue weighted by atomic mass is 9.62. The molecule has 1 aromatic rings. The van der Waals surface area contributed by atoms with Crippen LogP contribution in [0.25, 0.3) is 0 Å². The molecule has 4 rings (SSSR count). The zero-order valence-corrected chi connectivity index (χ0v) is 12.7. The average molecular weight is 268 g/mol. The number of rotatable bonds is 0. The molecule has 104 valence electrons. The molecular formula is C17H23BNO+. The van der Waals surface area contributed by atoms with E-state index < -0.39 is 0 Å². The zero-order chi connectivity index (χ0) is 13.9. The minimum absolute atomic E-state index is 0.139. The van der Waals surface area contributed by atoms with Crippen molar-refractivity contribution in [3.8, 4) is 0 Å². The van der Waals surface area contributed by atoms with Gasteiger partial charge >= 0.3 is 7.05 Å². The topological polar surface area (TPSA) is 12.2 Å². The van der Waals surface area contributed by atoms with Gasteiger partial charge in [0.25, 0.3) is 0 Å². The predicted molar refractivity (Wildman–Crippen MR) is 82.8 cm³/mol. The molecule has 0 radical (unpaired) electrons. The zero-order valence-electron chi connectivity index (χ0n) is 12.7. The second kappa shape index (κ2) is 4.20. The average Bonchev–Trinajstić information content (AvgIpc) is 2.74. The van der Waals surface area contributed by atoms with Gasteiger partial charge in [0.1, 0.15) is 5.54 Å². The van der Waals surface area contributed by atoms with Gasteiger partial charge in [-0.2, -0.15) is 0 Å². The summed E-state index contributed by atoms with van der Waals surface area (Å²) in [4.78, 5) is 0. The molecule has 3 heteroatoms. The molecule has 0 aromatic heterocycles. The number of nitrogens with zero attached hydrogens (tertiary/aromatic N) is 1. The normalized spacial score (nSPS) is 30.9. The molecule has 2 heterocycles. The maximum Gasteiger partial charge on any atom is 0.692 e. The number of fused-ring (bicyclic) bond motifs is 4. The Morgan fingerprint density at radius 1 is 1.20 bits per heavy atom. The van der Waals surface area contributed by atoms with E-state index in [0.717, 1.165) is 0 Å². The second-order valence-corrected chi connectivity index (χ2v) is 7.11.